The molecule has 1 aliphatic rings. The number of carbonyl (C=O) groups excluding carboxylic acids is 1. The van der Waals surface area contributed by atoms with Crippen molar-refractivity contribution < 1.29 is 4.79 Å². The molecule has 2 amide bonds. The maximum atomic E-state index is 12.7. The lowest BCUT2D eigenvalue weighted by molar-refractivity contribution is 0.154. The lowest BCUT2D eigenvalue weighted by atomic mass is 10.1. The number of nitrogens with zero attached hydrogens (tertiary/aromatic N) is 2. The van der Waals surface area contributed by atoms with Crippen LogP contribution >= 0.6 is 0 Å². The normalized spacial score (nSPS) is 15.6. The third-order valence-corrected chi connectivity index (χ3v) is 4.23. The quantitative estimate of drug-likeness (QED) is 0.926. The molecular formula is C17H27N3O. The smallest absolute Gasteiger partial charge is 0.320 e. The molecule has 0 saturated carbocycles. The highest BCUT2D eigenvalue weighted by molar-refractivity contribution is 5.74. The number of rotatable bonds is 4. The Balaban J connectivity index is 2.06. The van der Waals surface area contributed by atoms with E-state index >= 15 is 0 Å². The van der Waals surface area contributed by atoms with Gasteiger partial charge in [0.15, 0.2) is 0 Å². The second-order valence-electron chi connectivity index (χ2n) is 5.67. The minimum atomic E-state index is 0.172. The van der Waals surface area contributed by atoms with E-state index in [4.69, 9.17) is 5.73 Å². The van der Waals surface area contributed by atoms with E-state index in [1.165, 1.54) is 12.8 Å². The van der Waals surface area contributed by atoms with Crippen LogP contribution in [0.15, 0.2) is 24.3 Å². The van der Waals surface area contributed by atoms with E-state index in [1.54, 1.807) is 0 Å². The van der Waals surface area contributed by atoms with Gasteiger partial charge in [0.05, 0.1) is 0 Å². The molecule has 0 aliphatic carbocycles. The van der Waals surface area contributed by atoms with Gasteiger partial charge in [-0.2, -0.15) is 0 Å². The predicted octanol–water partition coefficient (Wildman–Crippen LogP) is 2.96. The fourth-order valence-corrected chi connectivity index (χ4v) is 2.89. The van der Waals surface area contributed by atoms with Crippen LogP contribution < -0.4 is 5.73 Å². The number of likely N-dealkylation sites (tertiary alicyclic amines) is 1. The molecule has 2 N–H and O–H groups in total. The third-order valence-electron chi connectivity index (χ3n) is 4.23. The Kier molecular flexibility index (Phi) is 6.05. The molecule has 0 spiro atoms. The minimum absolute atomic E-state index is 0.172. The van der Waals surface area contributed by atoms with Crippen molar-refractivity contribution in [2.75, 3.05) is 19.6 Å². The first-order valence-corrected chi connectivity index (χ1v) is 8.07. The van der Waals surface area contributed by atoms with Crippen LogP contribution in [0.1, 0.15) is 43.7 Å². The molecule has 1 aromatic rings. The third kappa shape index (κ3) is 4.21. The first-order valence-electron chi connectivity index (χ1n) is 8.07. The van der Waals surface area contributed by atoms with Crippen molar-refractivity contribution >= 4 is 6.03 Å². The summed E-state index contributed by atoms with van der Waals surface area (Å²) in [5, 5.41) is 0. The molecule has 0 unspecified atom stereocenters. The van der Waals surface area contributed by atoms with Crippen LogP contribution in [0.5, 0.6) is 0 Å². The number of urea groups is 1. The first-order chi connectivity index (χ1) is 10.3. The van der Waals surface area contributed by atoms with Crippen molar-refractivity contribution in [2.45, 2.75) is 45.7 Å². The number of amides is 2. The average Bonchev–Trinajstić information content (AvgIpc) is 2.81. The van der Waals surface area contributed by atoms with E-state index in [0.717, 1.165) is 43.6 Å². The molecule has 116 valence electrons. The summed E-state index contributed by atoms with van der Waals surface area (Å²) in [6.07, 6.45) is 4.74. The summed E-state index contributed by atoms with van der Waals surface area (Å²) in [6.45, 7) is 5.74. The van der Waals surface area contributed by atoms with Crippen LogP contribution in [-0.2, 0) is 13.1 Å². The molecule has 0 radical (unpaired) electrons. The summed E-state index contributed by atoms with van der Waals surface area (Å²) in [6, 6.07) is 8.29. The molecule has 0 atom stereocenters. The zero-order valence-electron chi connectivity index (χ0n) is 13.1. The van der Waals surface area contributed by atoms with Gasteiger partial charge >= 0.3 is 6.03 Å². The van der Waals surface area contributed by atoms with Crippen molar-refractivity contribution in [2.24, 2.45) is 5.73 Å². The summed E-state index contributed by atoms with van der Waals surface area (Å²) >= 11 is 0. The summed E-state index contributed by atoms with van der Waals surface area (Å²) < 4.78 is 0. The fraction of sp³-hybridized carbons (Fsp3) is 0.588. The molecule has 1 saturated heterocycles. The van der Waals surface area contributed by atoms with Crippen molar-refractivity contribution in [3.8, 4) is 0 Å². The van der Waals surface area contributed by atoms with Gasteiger partial charge < -0.3 is 15.5 Å². The highest BCUT2D eigenvalue weighted by Crippen LogP contribution is 2.15. The number of benzene rings is 1. The molecule has 1 aromatic carbocycles. The van der Waals surface area contributed by atoms with Crippen LogP contribution in [0.25, 0.3) is 0 Å². The monoisotopic (exact) mass is 289 g/mol. The Labute approximate surface area is 127 Å². The zero-order chi connectivity index (χ0) is 15.1. The van der Waals surface area contributed by atoms with Gasteiger partial charge in [-0.15, -0.1) is 0 Å². The van der Waals surface area contributed by atoms with Crippen molar-refractivity contribution in [1.82, 2.24) is 9.80 Å². The Morgan fingerprint density at radius 2 is 1.76 bits per heavy atom. The van der Waals surface area contributed by atoms with E-state index in [0.29, 0.717) is 13.1 Å². The van der Waals surface area contributed by atoms with E-state index in [9.17, 15) is 4.79 Å². The van der Waals surface area contributed by atoms with Crippen LogP contribution in [0.2, 0.25) is 0 Å². The van der Waals surface area contributed by atoms with Crippen LogP contribution in [0, 0.1) is 0 Å². The molecule has 4 heteroatoms. The first kappa shape index (κ1) is 15.8. The largest absolute Gasteiger partial charge is 0.326 e. The Morgan fingerprint density at radius 3 is 2.33 bits per heavy atom. The van der Waals surface area contributed by atoms with Crippen molar-refractivity contribution in [3.63, 3.8) is 0 Å². The Morgan fingerprint density at radius 1 is 1.14 bits per heavy atom. The second-order valence-corrected chi connectivity index (χ2v) is 5.67. The molecule has 1 aliphatic heterocycles. The van der Waals surface area contributed by atoms with Gasteiger partial charge in [-0.3, -0.25) is 0 Å². The lowest BCUT2D eigenvalue weighted by Gasteiger charge is -2.29. The minimum Gasteiger partial charge on any atom is -0.326 e. The standard InChI is InChI=1S/C17H27N3O/c1-2-19(14-16-10-6-5-9-15(16)13-18)17(21)20-11-7-3-4-8-12-20/h5-6,9-10H,2-4,7-8,11-14,18H2,1H3. The highest BCUT2D eigenvalue weighted by atomic mass is 16.2. The Bertz CT molecular complexity index is 453. The summed E-state index contributed by atoms with van der Waals surface area (Å²) in [7, 11) is 0. The van der Waals surface area contributed by atoms with E-state index in [1.807, 2.05) is 34.9 Å². The molecule has 2 rings (SSSR count). The van der Waals surface area contributed by atoms with Gasteiger partial charge in [-0.25, -0.2) is 4.79 Å². The maximum Gasteiger partial charge on any atom is 0.320 e. The van der Waals surface area contributed by atoms with E-state index in [2.05, 4.69) is 6.07 Å². The van der Waals surface area contributed by atoms with Gasteiger partial charge in [0.2, 0.25) is 0 Å². The molecule has 1 heterocycles. The van der Waals surface area contributed by atoms with Gasteiger partial charge in [0.1, 0.15) is 0 Å². The van der Waals surface area contributed by atoms with Gasteiger partial charge in [0.25, 0.3) is 0 Å². The number of nitrogens with two attached hydrogens (primary N) is 1. The average molecular weight is 289 g/mol. The number of hydrogen-bond acceptors (Lipinski definition) is 2. The lowest BCUT2D eigenvalue weighted by Crippen LogP contribution is -2.43. The van der Waals surface area contributed by atoms with Gasteiger partial charge in [-0.05, 0) is 30.9 Å². The summed E-state index contributed by atoms with van der Waals surface area (Å²) in [5.74, 6) is 0. The molecular weight excluding hydrogens is 262 g/mol. The Hall–Kier alpha value is -1.55. The number of carbonyl (C=O) groups is 1. The van der Waals surface area contributed by atoms with E-state index in [-0.39, 0.29) is 6.03 Å². The molecule has 4 nitrogen and oxygen atoms in total. The second kappa shape index (κ2) is 8.03. The molecule has 21 heavy (non-hydrogen) atoms. The fourth-order valence-electron chi connectivity index (χ4n) is 2.89. The molecule has 0 bridgehead atoms. The topological polar surface area (TPSA) is 49.6 Å². The zero-order valence-corrected chi connectivity index (χ0v) is 13.1. The summed E-state index contributed by atoms with van der Waals surface area (Å²) in [4.78, 5) is 16.7. The predicted molar refractivity (Wildman–Crippen MR) is 85.9 cm³/mol. The van der Waals surface area contributed by atoms with Crippen LogP contribution in [0.4, 0.5) is 4.79 Å². The highest BCUT2D eigenvalue weighted by Gasteiger charge is 2.21. The van der Waals surface area contributed by atoms with Gasteiger partial charge in [-0.1, -0.05) is 37.1 Å². The van der Waals surface area contributed by atoms with Crippen LogP contribution in [0.3, 0.4) is 0 Å². The molecule has 1 fully saturated rings. The summed E-state index contributed by atoms with van der Waals surface area (Å²) in [5.41, 5.74) is 8.08. The maximum absolute atomic E-state index is 12.7. The van der Waals surface area contributed by atoms with E-state index < -0.39 is 0 Å². The molecule has 0 aromatic heterocycles. The van der Waals surface area contributed by atoms with Crippen LogP contribution in [-0.4, -0.2) is 35.5 Å². The SMILES string of the molecule is CCN(Cc1ccccc1CN)C(=O)N1CCCCCC1. The number of hydrogen-bond donors (Lipinski definition) is 1. The van der Waals surface area contributed by atoms with Crippen molar-refractivity contribution in [3.05, 3.63) is 35.4 Å². The van der Waals surface area contributed by atoms with Crippen molar-refractivity contribution in [1.29, 1.82) is 0 Å². The van der Waals surface area contributed by atoms with Gasteiger partial charge in [0, 0.05) is 32.7 Å².